The van der Waals surface area contributed by atoms with Crippen LogP contribution in [0.2, 0.25) is 0 Å². The van der Waals surface area contributed by atoms with Crippen LogP contribution in [0.1, 0.15) is 25.0 Å². The number of carbonyl (C=O) groups excluding carboxylic acids is 1. The molecule has 1 aromatic carbocycles. The molecule has 0 aliphatic carbocycles. The third-order valence-electron chi connectivity index (χ3n) is 2.79. The van der Waals surface area contributed by atoms with Crippen molar-refractivity contribution >= 4 is 27.5 Å². The molecule has 0 aromatic heterocycles. The van der Waals surface area contributed by atoms with Gasteiger partial charge in [-0.15, -0.1) is 0 Å². The van der Waals surface area contributed by atoms with E-state index in [0.717, 1.165) is 21.3 Å². The van der Waals surface area contributed by atoms with Gasteiger partial charge in [0.1, 0.15) is 0 Å². The molecule has 14 heavy (non-hydrogen) atoms. The fraction of sp³-hybridized carbons (Fsp3) is 0.364. The highest BCUT2D eigenvalue weighted by atomic mass is 79.9. The Morgan fingerprint density at radius 1 is 1.36 bits per heavy atom. The fourth-order valence-corrected chi connectivity index (χ4v) is 2.42. The van der Waals surface area contributed by atoms with Crippen molar-refractivity contribution in [2.24, 2.45) is 0 Å². The number of rotatable bonds is 0. The van der Waals surface area contributed by atoms with Gasteiger partial charge in [0.25, 0.3) is 0 Å². The topological polar surface area (TPSA) is 29.1 Å². The van der Waals surface area contributed by atoms with Crippen LogP contribution in [-0.4, -0.2) is 5.91 Å². The lowest BCUT2D eigenvalue weighted by Gasteiger charge is -2.17. The minimum Gasteiger partial charge on any atom is -0.324 e. The zero-order chi connectivity index (χ0) is 10.5. The number of hydrogen-bond acceptors (Lipinski definition) is 1. The minimum absolute atomic E-state index is 0.0718. The van der Waals surface area contributed by atoms with Crippen LogP contribution < -0.4 is 5.32 Å². The van der Waals surface area contributed by atoms with Crippen LogP contribution in [0.25, 0.3) is 0 Å². The van der Waals surface area contributed by atoms with Gasteiger partial charge in [0, 0.05) is 4.47 Å². The number of nitrogens with one attached hydrogen (secondary N) is 1. The van der Waals surface area contributed by atoms with Crippen molar-refractivity contribution in [3.63, 3.8) is 0 Å². The number of fused-ring (bicyclic) bond motifs is 1. The summed E-state index contributed by atoms with van der Waals surface area (Å²) in [6, 6.07) is 4.00. The Morgan fingerprint density at radius 3 is 2.57 bits per heavy atom. The van der Waals surface area contributed by atoms with Crippen LogP contribution in [0.5, 0.6) is 0 Å². The quantitative estimate of drug-likeness (QED) is 0.757. The van der Waals surface area contributed by atoms with Crippen LogP contribution in [0.3, 0.4) is 0 Å². The van der Waals surface area contributed by atoms with E-state index in [9.17, 15) is 4.79 Å². The van der Waals surface area contributed by atoms with Crippen LogP contribution >= 0.6 is 15.9 Å². The van der Waals surface area contributed by atoms with Crippen molar-refractivity contribution in [1.29, 1.82) is 0 Å². The summed E-state index contributed by atoms with van der Waals surface area (Å²) in [6.07, 6.45) is 0. The molecule has 0 fully saturated rings. The lowest BCUT2D eigenvalue weighted by molar-refractivity contribution is -0.119. The third-order valence-corrected chi connectivity index (χ3v) is 3.45. The van der Waals surface area contributed by atoms with Crippen molar-refractivity contribution in [2.45, 2.75) is 26.2 Å². The Balaban J connectivity index is 2.76. The van der Waals surface area contributed by atoms with Crippen molar-refractivity contribution in [1.82, 2.24) is 0 Å². The van der Waals surface area contributed by atoms with Gasteiger partial charge in [-0.2, -0.15) is 0 Å². The summed E-state index contributed by atoms with van der Waals surface area (Å²) in [6.45, 7) is 5.94. The van der Waals surface area contributed by atoms with Crippen LogP contribution in [0.4, 0.5) is 5.69 Å². The van der Waals surface area contributed by atoms with Gasteiger partial charge in [-0.1, -0.05) is 6.07 Å². The van der Waals surface area contributed by atoms with Gasteiger partial charge in [0.2, 0.25) is 5.91 Å². The highest BCUT2D eigenvalue weighted by Gasteiger charge is 2.40. The van der Waals surface area contributed by atoms with Crippen molar-refractivity contribution in [3.8, 4) is 0 Å². The largest absolute Gasteiger partial charge is 0.324 e. The van der Waals surface area contributed by atoms with Crippen molar-refractivity contribution in [2.75, 3.05) is 5.32 Å². The molecule has 0 radical (unpaired) electrons. The number of hydrogen-bond donors (Lipinski definition) is 1. The molecular formula is C11H12BrNO. The Bertz CT molecular complexity index is 424. The van der Waals surface area contributed by atoms with E-state index in [0.29, 0.717) is 0 Å². The Labute approximate surface area is 91.8 Å². The first-order valence-electron chi connectivity index (χ1n) is 4.55. The molecule has 0 bridgehead atoms. The van der Waals surface area contributed by atoms with E-state index in [1.165, 1.54) is 0 Å². The molecular weight excluding hydrogens is 242 g/mol. The molecule has 74 valence electrons. The first-order chi connectivity index (χ1) is 6.44. The summed E-state index contributed by atoms with van der Waals surface area (Å²) in [5, 5.41) is 2.91. The molecule has 0 spiro atoms. The Kier molecular flexibility index (Phi) is 1.96. The molecule has 1 heterocycles. The first kappa shape index (κ1) is 9.71. The molecule has 1 aliphatic heterocycles. The number of anilines is 1. The summed E-state index contributed by atoms with van der Waals surface area (Å²) in [5.74, 6) is 0.0718. The normalized spacial score (nSPS) is 17.9. The van der Waals surface area contributed by atoms with Crippen molar-refractivity contribution in [3.05, 3.63) is 27.7 Å². The second-order valence-corrected chi connectivity index (χ2v) is 5.05. The van der Waals surface area contributed by atoms with Gasteiger partial charge in [0.05, 0.1) is 11.1 Å². The van der Waals surface area contributed by atoms with Crippen LogP contribution in [0.15, 0.2) is 16.6 Å². The zero-order valence-electron chi connectivity index (χ0n) is 8.44. The van der Waals surface area contributed by atoms with E-state index in [2.05, 4.69) is 21.2 Å². The summed E-state index contributed by atoms with van der Waals surface area (Å²) >= 11 is 3.45. The van der Waals surface area contributed by atoms with Gasteiger partial charge in [0.15, 0.2) is 0 Å². The van der Waals surface area contributed by atoms with Gasteiger partial charge >= 0.3 is 0 Å². The molecule has 2 nitrogen and oxygen atoms in total. The van der Waals surface area contributed by atoms with Gasteiger partial charge in [-0.05, 0) is 53.9 Å². The van der Waals surface area contributed by atoms with Gasteiger partial charge in [-0.3, -0.25) is 4.79 Å². The molecule has 0 saturated carbocycles. The van der Waals surface area contributed by atoms with E-state index < -0.39 is 5.41 Å². The standard InChI is InChI=1S/C11H12BrNO/c1-6-4-5-7(12)9-8(6)11(2,3)10(14)13-9/h4-5H,1-3H3,(H,13,14). The summed E-state index contributed by atoms with van der Waals surface area (Å²) in [4.78, 5) is 11.7. The number of halogens is 1. The maximum absolute atomic E-state index is 11.7. The smallest absolute Gasteiger partial charge is 0.234 e. The highest BCUT2D eigenvalue weighted by Crippen LogP contribution is 2.43. The number of benzene rings is 1. The summed E-state index contributed by atoms with van der Waals surface area (Å²) < 4.78 is 0.956. The average molecular weight is 254 g/mol. The van der Waals surface area contributed by atoms with E-state index in [4.69, 9.17) is 0 Å². The first-order valence-corrected chi connectivity index (χ1v) is 5.35. The molecule has 1 amide bonds. The highest BCUT2D eigenvalue weighted by molar-refractivity contribution is 9.10. The lowest BCUT2D eigenvalue weighted by Crippen LogP contribution is -2.27. The molecule has 0 unspecified atom stereocenters. The second-order valence-electron chi connectivity index (χ2n) is 4.19. The van der Waals surface area contributed by atoms with Crippen molar-refractivity contribution < 1.29 is 4.79 Å². The number of amides is 1. The number of carbonyl (C=O) groups is 1. The zero-order valence-corrected chi connectivity index (χ0v) is 10.0. The Hall–Kier alpha value is -0.830. The van der Waals surface area contributed by atoms with Crippen LogP contribution in [0, 0.1) is 6.92 Å². The van der Waals surface area contributed by atoms with E-state index in [1.807, 2.05) is 32.9 Å². The minimum atomic E-state index is -0.413. The predicted molar refractivity (Wildman–Crippen MR) is 60.5 cm³/mol. The van der Waals surface area contributed by atoms with Crippen LogP contribution in [-0.2, 0) is 10.2 Å². The molecule has 1 N–H and O–H groups in total. The molecule has 2 rings (SSSR count). The van der Waals surface area contributed by atoms with E-state index >= 15 is 0 Å². The molecule has 0 saturated heterocycles. The summed E-state index contributed by atoms with van der Waals surface area (Å²) in [5.41, 5.74) is 2.78. The Morgan fingerprint density at radius 2 is 2.00 bits per heavy atom. The summed E-state index contributed by atoms with van der Waals surface area (Å²) in [7, 11) is 0. The molecule has 1 aromatic rings. The molecule has 1 aliphatic rings. The van der Waals surface area contributed by atoms with Gasteiger partial charge < -0.3 is 5.32 Å². The van der Waals surface area contributed by atoms with E-state index in [1.54, 1.807) is 0 Å². The third kappa shape index (κ3) is 1.12. The average Bonchev–Trinajstić information content (AvgIpc) is 2.33. The SMILES string of the molecule is Cc1ccc(Br)c2c1C(C)(C)C(=O)N2. The molecule has 3 heteroatoms. The van der Waals surface area contributed by atoms with Gasteiger partial charge in [-0.25, -0.2) is 0 Å². The second kappa shape index (κ2) is 2.83. The lowest BCUT2D eigenvalue weighted by atomic mass is 9.83. The number of aryl methyl sites for hydroxylation is 1. The monoisotopic (exact) mass is 253 g/mol. The molecule has 0 atom stereocenters. The predicted octanol–water partition coefficient (Wildman–Crippen LogP) is 2.99. The fourth-order valence-electron chi connectivity index (χ4n) is 1.99. The maximum Gasteiger partial charge on any atom is 0.234 e. The maximum atomic E-state index is 11.7. The van der Waals surface area contributed by atoms with E-state index in [-0.39, 0.29) is 5.91 Å².